The normalized spacial score (nSPS) is 12.8. The number of rotatable bonds is 8. The molecule has 8 nitrogen and oxygen atoms in total. The fourth-order valence-corrected chi connectivity index (χ4v) is 2.36. The molecule has 0 saturated heterocycles. The average molecular weight is 345 g/mol. The van der Waals surface area contributed by atoms with Crippen molar-refractivity contribution in [3.8, 4) is 0 Å². The van der Waals surface area contributed by atoms with Crippen LogP contribution in [0.3, 0.4) is 0 Å². The van der Waals surface area contributed by atoms with Gasteiger partial charge in [0.25, 0.3) is 11.8 Å². The molecule has 0 aliphatic carbocycles. The summed E-state index contributed by atoms with van der Waals surface area (Å²) in [5, 5.41) is 5.10. The van der Waals surface area contributed by atoms with Crippen molar-refractivity contribution in [1.82, 2.24) is 15.5 Å². The summed E-state index contributed by atoms with van der Waals surface area (Å²) in [6, 6.07) is 6.40. The molecule has 1 aliphatic heterocycles. The largest absolute Gasteiger partial charge is 0.354 e. The standard InChI is InChI=1S/C17H19N3O5/c1-11(21)6-7-14(22)18-8-9-19-15(23)10-20-16(24)12-4-2-3-5-13(12)17(20)25/h2-5H,6-10H2,1H3,(H,18,22)(H,19,23). The number of carbonyl (C=O) groups excluding carboxylic acids is 5. The van der Waals surface area contributed by atoms with E-state index in [1.54, 1.807) is 24.3 Å². The molecular weight excluding hydrogens is 326 g/mol. The van der Waals surface area contributed by atoms with Gasteiger partial charge in [0.15, 0.2) is 0 Å². The van der Waals surface area contributed by atoms with Crippen LogP contribution < -0.4 is 10.6 Å². The third-order valence-corrected chi connectivity index (χ3v) is 3.65. The maximum atomic E-state index is 12.1. The molecule has 1 heterocycles. The van der Waals surface area contributed by atoms with Crippen molar-refractivity contribution in [2.45, 2.75) is 19.8 Å². The van der Waals surface area contributed by atoms with E-state index in [1.165, 1.54) is 6.92 Å². The second-order valence-electron chi connectivity index (χ2n) is 5.64. The van der Waals surface area contributed by atoms with Gasteiger partial charge >= 0.3 is 0 Å². The van der Waals surface area contributed by atoms with Crippen LogP contribution in [0.15, 0.2) is 24.3 Å². The highest BCUT2D eigenvalue weighted by Crippen LogP contribution is 2.21. The molecule has 8 heteroatoms. The van der Waals surface area contributed by atoms with Gasteiger partial charge in [-0.3, -0.25) is 24.1 Å². The number of carbonyl (C=O) groups is 5. The molecule has 0 unspecified atom stereocenters. The van der Waals surface area contributed by atoms with Crippen molar-refractivity contribution < 1.29 is 24.0 Å². The lowest BCUT2D eigenvalue weighted by Crippen LogP contribution is -2.42. The number of fused-ring (bicyclic) bond motifs is 1. The molecule has 1 aliphatic rings. The fourth-order valence-electron chi connectivity index (χ4n) is 2.36. The van der Waals surface area contributed by atoms with E-state index in [-0.39, 0.29) is 55.3 Å². The summed E-state index contributed by atoms with van der Waals surface area (Å²) in [7, 11) is 0. The van der Waals surface area contributed by atoms with Crippen LogP contribution in [0.2, 0.25) is 0 Å². The van der Waals surface area contributed by atoms with Gasteiger partial charge in [-0.15, -0.1) is 0 Å². The maximum Gasteiger partial charge on any atom is 0.262 e. The highest BCUT2D eigenvalue weighted by atomic mass is 16.2. The van der Waals surface area contributed by atoms with Gasteiger partial charge < -0.3 is 15.4 Å². The number of imide groups is 1. The highest BCUT2D eigenvalue weighted by Gasteiger charge is 2.36. The van der Waals surface area contributed by atoms with E-state index in [1.807, 2.05) is 0 Å². The van der Waals surface area contributed by atoms with Gasteiger partial charge in [-0.2, -0.15) is 0 Å². The second-order valence-corrected chi connectivity index (χ2v) is 5.64. The number of ketones is 1. The Bertz CT molecular complexity index is 694. The van der Waals surface area contributed by atoms with Crippen molar-refractivity contribution >= 4 is 29.4 Å². The summed E-state index contributed by atoms with van der Waals surface area (Å²) in [5.41, 5.74) is 0.580. The van der Waals surface area contributed by atoms with E-state index >= 15 is 0 Å². The van der Waals surface area contributed by atoms with Gasteiger partial charge in [0.1, 0.15) is 12.3 Å². The summed E-state index contributed by atoms with van der Waals surface area (Å²) < 4.78 is 0. The smallest absolute Gasteiger partial charge is 0.262 e. The highest BCUT2D eigenvalue weighted by molar-refractivity contribution is 6.22. The van der Waals surface area contributed by atoms with Crippen molar-refractivity contribution in [1.29, 1.82) is 0 Å². The molecule has 2 N–H and O–H groups in total. The zero-order valence-electron chi connectivity index (χ0n) is 13.8. The molecule has 0 radical (unpaired) electrons. The molecule has 1 aromatic rings. The lowest BCUT2D eigenvalue weighted by atomic mass is 10.1. The number of hydrogen-bond acceptors (Lipinski definition) is 5. The minimum Gasteiger partial charge on any atom is -0.354 e. The molecule has 0 atom stereocenters. The van der Waals surface area contributed by atoms with Crippen LogP contribution in [-0.2, 0) is 14.4 Å². The minimum absolute atomic E-state index is 0.0654. The van der Waals surface area contributed by atoms with E-state index in [4.69, 9.17) is 0 Å². The zero-order valence-corrected chi connectivity index (χ0v) is 13.8. The van der Waals surface area contributed by atoms with Crippen LogP contribution in [0.1, 0.15) is 40.5 Å². The summed E-state index contributed by atoms with van der Waals surface area (Å²) in [5.74, 6) is -1.82. The molecule has 0 spiro atoms. The Hall–Kier alpha value is -3.03. The van der Waals surface area contributed by atoms with Crippen LogP contribution in [0.25, 0.3) is 0 Å². The number of Topliss-reactive ketones (excluding diaryl/α,β-unsaturated/α-hetero) is 1. The van der Waals surface area contributed by atoms with Gasteiger partial charge in [-0.1, -0.05) is 12.1 Å². The van der Waals surface area contributed by atoms with E-state index in [9.17, 15) is 24.0 Å². The number of nitrogens with zero attached hydrogens (tertiary/aromatic N) is 1. The fraction of sp³-hybridized carbons (Fsp3) is 0.353. The molecule has 25 heavy (non-hydrogen) atoms. The van der Waals surface area contributed by atoms with Crippen molar-refractivity contribution in [2.24, 2.45) is 0 Å². The Balaban J connectivity index is 1.73. The van der Waals surface area contributed by atoms with Gasteiger partial charge in [-0.25, -0.2) is 0 Å². The Morgan fingerprint density at radius 1 is 0.880 bits per heavy atom. The van der Waals surface area contributed by atoms with Gasteiger partial charge in [-0.05, 0) is 19.1 Å². The molecular formula is C17H19N3O5. The average Bonchev–Trinajstić information content (AvgIpc) is 2.82. The summed E-state index contributed by atoms with van der Waals surface area (Å²) >= 11 is 0. The molecule has 1 aromatic carbocycles. The number of benzene rings is 1. The third kappa shape index (κ3) is 4.72. The Morgan fingerprint density at radius 2 is 1.40 bits per heavy atom. The molecule has 0 saturated carbocycles. The quantitative estimate of drug-likeness (QED) is 0.504. The second kappa shape index (κ2) is 8.18. The van der Waals surface area contributed by atoms with Crippen molar-refractivity contribution in [3.05, 3.63) is 35.4 Å². The minimum atomic E-state index is -0.493. The van der Waals surface area contributed by atoms with E-state index < -0.39 is 17.7 Å². The molecule has 4 amide bonds. The monoisotopic (exact) mass is 345 g/mol. The van der Waals surface area contributed by atoms with E-state index in [0.29, 0.717) is 0 Å². The van der Waals surface area contributed by atoms with Crippen LogP contribution in [-0.4, -0.2) is 53.9 Å². The predicted molar refractivity (Wildman–Crippen MR) is 87.7 cm³/mol. The lowest BCUT2D eigenvalue weighted by Gasteiger charge is -2.13. The zero-order chi connectivity index (χ0) is 18.4. The van der Waals surface area contributed by atoms with Crippen LogP contribution >= 0.6 is 0 Å². The van der Waals surface area contributed by atoms with Gasteiger partial charge in [0.2, 0.25) is 11.8 Å². The first-order valence-corrected chi connectivity index (χ1v) is 7.88. The molecule has 0 aromatic heterocycles. The Labute approximate surface area is 144 Å². The molecule has 0 bridgehead atoms. The molecule has 2 rings (SSSR count). The molecule has 0 fully saturated rings. The Kier molecular flexibility index (Phi) is 5.99. The first-order valence-electron chi connectivity index (χ1n) is 7.88. The van der Waals surface area contributed by atoms with Gasteiger partial charge in [0, 0.05) is 25.9 Å². The van der Waals surface area contributed by atoms with Crippen molar-refractivity contribution in [2.75, 3.05) is 19.6 Å². The first kappa shape index (κ1) is 18.3. The predicted octanol–water partition coefficient (Wildman–Crippen LogP) is -0.116. The SMILES string of the molecule is CC(=O)CCC(=O)NCCNC(=O)CN1C(=O)c2ccccc2C1=O. The van der Waals surface area contributed by atoms with Crippen LogP contribution in [0, 0.1) is 0 Å². The third-order valence-electron chi connectivity index (χ3n) is 3.65. The summed E-state index contributed by atoms with van der Waals surface area (Å²) in [6.07, 6.45) is 0.288. The number of amides is 4. The number of hydrogen-bond donors (Lipinski definition) is 2. The van der Waals surface area contributed by atoms with E-state index in [0.717, 1.165) is 4.90 Å². The topological polar surface area (TPSA) is 113 Å². The van der Waals surface area contributed by atoms with E-state index in [2.05, 4.69) is 10.6 Å². The van der Waals surface area contributed by atoms with Gasteiger partial charge in [0.05, 0.1) is 11.1 Å². The van der Waals surface area contributed by atoms with Crippen LogP contribution in [0.4, 0.5) is 0 Å². The first-order chi connectivity index (χ1) is 11.9. The maximum absolute atomic E-state index is 12.1. The summed E-state index contributed by atoms with van der Waals surface area (Å²) in [4.78, 5) is 59.2. The summed E-state index contributed by atoms with van der Waals surface area (Å²) in [6.45, 7) is 1.40. The molecule has 132 valence electrons. The lowest BCUT2D eigenvalue weighted by molar-refractivity contribution is -0.124. The van der Waals surface area contributed by atoms with Crippen LogP contribution in [0.5, 0.6) is 0 Å². The van der Waals surface area contributed by atoms with Crippen molar-refractivity contribution in [3.63, 3.8) is 0 Å². The number of nitrogens with one attached hydrogen (secondary N) is 2. The Morgan fingerprint density at radius 3 is 1.92 bits per heavy atom.